The Morgan fingerprint density at radius 2 is 1.89 bits per heavy atom. The molecule has 1 fully saturated rings. The molecule has 2 N–H and O–H groups in total. The van der Waals surface area contributed by atoms with Gasteiger partial charge in [-0.1, -0.05) is 6.07 Å². The van der Waals surface area contributed by atoms with E-state index in [1.165, 1.54) is 0 Å². The van der Waals surface area contributed by atoms with Crippen LogP contribution >= 0.6 is 24.8 Å². The van der Waals surface area contributed by atoms with E-state index in [0.29, 0.717) is 6.04 Å². The number of methoxy groups -OCH3 is 1. The summed E-state index contributed by atoms with van der Waals surface area (Å²) in [4.78, 5) is 2.42. The minimum absolute atomic E-state index is 0. The summed E-state index contributed by atoms with van der Waals surface area (Å²) in [5, 5.41) is 12.8. The number of halogens is 2. The van der Waals surface area contributed by atoms with Gasteiger partial charge in [-0.3, -0.25) is 4.90 Å². The lowest BCUT2D eigenvalue weighted by Crippen LogP contribution is -2.44. The summed E-state index contributed by atoms with van der Waals surface area (Å²) in [7, 11) is 1.64. The Hall–Kier alpha value is -0.680. The molecule has 110 valence electrons. The third-order valence-electron chi connectivity index (χ3n) is 3.37. The third-order valence-corrected chi connectivity index (χ3v) is 3.37. The fourth-order valence-electron chi connectivity index (χ4n) is 2.31. The second-order valence-electron chi connectivity index (χ2n) is 4.39. The first-order chi connectivity index (χ1) is 8.22. The third kappa shape index (κ3) is 4.42. The summed E-state index contributed by atoms with van der Waals surface area (Å²) in [5.74, 6) is 1.01. The number of phenols is 1. The maximum absolute atomic E-state index is 9.46. The molecule has 0 saturated carbocycles. The number of hydrogen-bond acceptors (Lipinski definition) is 4. The number of aromatic hydroxyl groups is 1. The molecule has 0 aliphatic carbocycles. The highest BCUT2D eigenvalue weighted by Gasteiger charge is 2.20. The maximum atomic E-state index is 9.46. The Balaban J connectivity index is 0.00000162. The van der Waals surface area contributed by atoms with Gasteiger partial charge in [-0.25, -0.2) is 0 Å². The zero-order chi connectivity index (χ0) is 12.3. The zero-order valence-electron chi connectivity index (χ0n) is 11.3. The Kier molecular flexibility index (Phi) is 8.18. The fourth-order valence-corrected chi connectivity index (χ4v) is 2.31. The van der Waals surface area contributed by atoms with Crippen molar-refractivity contribution in [2.75, 3.05) is 33.3 Å². The van der Waals surface area contributed by atoms with Crippen molar-refractivity contribution in [1.82, 2.24) is 10.2 Å². The van der Waals surface area contributed by atoms with Crippen molar-refractivity contribution >= 4 is 24.8 Å². The molecule has 0 spiro atoms. The number of piperazine rings is 1. The van der Waals surface area contributed by atoms with E-state index in [1.807, 2.05) is 6.07 Å². The summed E-state index contributed by atoms with van der Waals surface area (Å²) in [6.45, 7) is 6.34. The number of hydrogen-bond donors (Lipinski definition) is 2. The highest BCUT2D eigenvalue weighted by Crippen LogP contribution is 2.31. The monoisotopic (exact) mass is 308 g/mol. The van der Waals surface area contributed by atoms with Gasteiger partial charge in [-0.2, -0.15) is 0 Å². The van der Waals surface area contributed by atoms with Crippen molar-refractivity contribution in [2.45, 2.75) is 13.0 Å². The Morgan fingerprint density at radius 1 is 1.26 bits per heavy atom. The van der Waals surface area contributed by atoms with Crippen LogP contribution < -0.4 is 10.1 Å². The molecular formula is C13H22Cl2N2O2. The van der Waals surface area contributed by atoms with Gasteiger partial charge in [0.05, 0.1) is 7.11 Å². The van der Waals surface area contributed by atoms with Crippen molar-refractivity contribution < 1.29 is 9.84 Å². The van der Waals surface area contributed by atoms with E-state index < -0.39 is 0 Å². The molecule has 1 aromatic rings. The molecule has 1 saturated heterocycles. The summed E-state index contributed by atoms with van der Waals surface area (Å²) in [6.07, 6.45) is 0. The molecule has 0 bridgehead atoms. The molecule has 1 aromatic carbocycles. The fraction of sp³-hybridized carbons (Fsp3) is 0.538. The minimum atomic E-state index is 0. The van der Waals surface area contributed by atoms with Crippen molar-refractivity contribution in [3.8, 4) is 11.5 Å². The van der Waals surface area contributed by atoms with E-state index >= 15 is 0 Å². The average Bonchev–Trinajstić information content (AvgIpc) is 2.39. The summed E-state index contributed by atoms with van der Waals surface area (Å²) < 4.78 is 5.34. The highest BCUT2D eigenvalue weighted by atomic mass is 35.5. The molecule has 19 heavy (non-hydrogen) atoms. The van der Waals surface area contributed by atoms with Crippen molar-refractivity contribution in [3.63, 3.8) is 0 Å². The van der Waals surface area contributed by atoms with Crippen LogP contribution in [-0.2, 0) is 0 Å². The number of nitrogens with zero attached hydrogens (tertiary/aromatic N) is 1. The molecule has 0 radical (unpaired) electrons. The van der Waals surface area contributed by atoms with E-state index in [4.69, 9.17) is 4.74 Å². The Bertz CT molecular complexity index is 385. The molecular weight excluding hydrogens is 287 g/mol. The highest BCUT2D eigenvalue weighted by molar-refractivity contribution is 5.85. The van der Waals surface area contributed by atoms with E-state index in [9.17, 15) is 5.11 Å². The van der Waals surface area contributed by atoms with Crippen molar-refractivity contribution in [1.29, 1.82) is 0 Å². The van der Waals surface area contributed by atoms with Crippen molar-refractivity contribution in [2.24, 2.45) is 0 Å². The number of ether oxygens (including phenoxy) is 1. The molecule has 0 amide bonds. The van der Waals surface area contributed by atoms with Gasteiger partial charge in [0.25, 0.3) is 0 Å². The molecule has 2 rings (SSSR count). The first kappa shape index (κ1) is 18.3. The molecule has 1 aliphatic rings. The first-order valence-electron chi connectivity index (χ1n) is 6.04. The lowest BCUT2D eigenvalue weighted by Gasteiger charge is -2.33. The van der Waals surface area contributed by atoms with Gasteiger partial charge < -0.3 is 15.2 Å². The summed E-state index contributed by atoms with van der Waals surface area (Å²) >= 11 is 0. The van der Waals surface area contributed by atoms with Crippen LogP contribution in [0.15, 0.2) is 18.2 Å². The first-order valence-corrected chi connectivity index (χ1v) is 6.04. The number of benzene rings is 1. The molecule has 4 nitrogen and oxygen atoms in total. The Labute approximate surface area is 127 Å². The smallest absolute Gasteiger partial charge is 0.127 e. The minimum Gasteiger partial charge on any atom is -0.508 e. The van der Waals surface area contributed by atoms with E-state index in [-0.39, 0.29) is 30.6 Å². The molecule has 0 unspecified atom stereocenters. The van der Waals surface area contributed by atoms with Gasteiger partial charge in [-0.15, -0.1) is 24.8 Å². The topological polar surface area (TPSA) is 44.7 Å². The average molecular weight is 309 g/mol. The molecule has 1 atom stereocenters. The zero-order valence-corrected chi connectivity index (χ0v) is 12.9. The van der Waals surface area contributed by atoms with E-state index in [0.717, 1.165) is 37.5 Å². The summed E-state index contributed by atoms with van der Waals surface area (Å²) in [6, 6.07) is 5.65. The molecule has 6 heteroatoms. The molecule has 1 aliphatic heterocycles. The van der Waals surface area contributed by atoms with Gasteiger partial charge >= 0.3 is 0 Å². The summed E-state index contributed by atoms with van der Waals surface area (Å²) in [5.41, 5.74) is 1.13. The molecule has 0 aromatic heterocycles. The second kappa shape index (κ2) is 8.48. The standard InChI is InChI=1S/C13H20N2O2.2ClH/c1-10(15-7-5-14-6-8-15)12-4-3-11(16)9-13(12)17-2;;/h3-4,9-10,14,16H,5-8H2,1-2H3;2*1H/t10-;;/m0../s1. The van der Waals surface area contributed by atoms with Gasteiger partial charge in [0.15, 0.2) is 0 Å². The van der Waals surface area contributed by atoms with Gasteiger partial charge in [0.1, 0.15) is 11.5 Å². The van der Waals surface area contributed by atoms with Crippen LogP contribution in [0.4, 0.5) is 0 Å². The quantitative estimate of drug-likeness (QED) is 0.898. The Morgan fingerprint density at radius 3 is 2.47 bits per heavy atom. The number of nitrogens with one attached hydrogen (secondary N) is 1. The largest absolute Gasteiger partial charge is 0.508 e. The second-order valence-corrected chi connectivity index (χ2v) is 4.39. The predicted molar refractivity (Wildman–Crippen MR) is 82.0 cm³/mol. The van der Waals surface area contributed by atoms with Crippen LogP contribution in [-0.4, -0.2) is 43.3 Å². The van der Waals surface area contributed by atoms with Crippen LogP contribution in [0, 0.1) is 0 Å². The van der Waals surface area contributed by atoms with Crippen LogP contribution in [0.2, 0.25) is 0 Å². The lowest BCUT2D eigenvalue weighted by atomic mass is 10.0. The van der Waals surface area contributed by atoms with Gasteiger partial charge in [0, 0.05) is 43.9 Å². The van der Waals surface area contributed by atoms with Crippen LogP contribution in [0.25, 0.3) is 0 Å². The van der Waals surface area contributed by atoms with Crippen LogP contribution in [0.5, 0.6) is 11.5 Å². The van der Waals surface area contributed by atoms with Crippen molar-refractivity contribution in [3.05, 3.63) is 23.8 Å². The van der Waals surface area contributed by atoms with Gasteiger partial charge in [0.2, 0.25) is 0 Å². The predicted octanol–water partition coefficient (Wildman–Crippen LogP) is 2.21. The van der Waals surface area contributed by atoms with Gasteiger partial charge in [-0.05, 0) is 13.0 Å². The number of phenolic OH excluding ortho intramolecular Hbond substituents is 1. The molecule has 1 heterocycles. The van der Waals surface area contributed by atoms with Crippen LogP contribution in [0.3, 0.4) is 0 Å². The van der Waals surface area contributed by atoms with E-state index in [1.54, 1.807) is 19.2 Å². The van der Waals surface area contributed by atoms with E-state index in [2.05, 4.69) is 17.1 Å². The maximum Gasteiger partial charge on any atom is 0.127 e. The normalized spacial score (nSPS) is 16.9. The SMILES string of the molecule is COc1cc(O)ccc1[C@H](C)N1CCNCC1.Cl.Cl. The number of rotatable bonds is 3. The van der Waals surface area contributed by atoms with Crippen LogP contribution in [0.1, 0.15) is 18.5 Å². The lowest BCUT2D eigenvalue weighted by molar-refractivity contribution is 0.182.